The first-order chi connectivity index (χ1) is 12.1. The number of furan rings is 1. The molecular formula is C20H16O5. The largest absolute Gasteiger partial charge is 0.508 e. The van der Waals surface area contributed by atoms with E-state index in [0.717, 1.165) is 11.3 Å². The minimum atomic E-state index is 0.0700. The number of aromatic hydroxyl groups is 2. The summed E-state index contributed by atoms with van der Waals surface area (Å²) in [5, 5.41) is 21.8. The van der Waals surface area contributed by atoms with Crippen LogP contribution < -0.4 is 9.47 Å². The molecule has 1 heterocycles. The van der Waals surface area contributed by atoms with Crippen molar-refractivity contribution >= 4 is 21.9 Å². The van der Waals surface area contributed by atoms with E-state index in [1.807, 2.05) is 24.3 Å². The van der Waals surface area contributed by atoms with E-state index in [9.17, 15) is 10.2 Å². The Morgan fingerprint density at radius 2 is 1.60 bits per heavy atom. The maximum atomic E-state index is 10.6. The van der Waals surface area contributed by atoms with E-state index in [1.54, 1.807) is 31.4 Å². The highest BCUT2D eigenvalue weighted by Crippen LogP contribution is 2.47. The lowest BCUT2D eigenvalue weighted by molar-refractivity contribution is 0.407. The fraction of sp³-hybridized carbons (Fsp3) is 0.100. The topological polar surface area (TPSA) is 72.1 Å². The van der Waals surface area contributed by atoms with Crippen molar-refractivity contribution in [1.82, 2.24) is 0 Å². The van der Waals surface area contributed by atoms with Gasteiger partial charge in [0.2, 0.25) is 0 Å². The quantitative estimate of drug-likeness (QED) is 0.568. The maximum absolute atomic E-state index is 10.6. The average Bonchev–Trinajstić information content (AvgIpc) is 2.98. The van der Waals surface area contributed by atoms with Crippen molar-refractivity contribution in [2.24, 2.45) is 0 Å². The molecule has 0 bridgehead atoms. The van der Waals surface area contributed by atoms with Gasteiger partial charge in [0, 0.05) is 10.8 Å². The Kier molecular flexibility index (Phi) is 3.42. The highest BCUT2D eigenvalue weighted by Gasteiger charge is 2.21. The predicted molar refractivity (Wildman–Crippen MR) is 95.6 cm³/mol. The maximum Gasteiger partial charge on any atom is 0.178 e. The fourth-order valence-corrected chi connectivity index (χ4v) is 3.09. The predicted octanol–water partition coefficient (Wildman–Crippen LogP) is 4.68. The molecule has 0 amide bonds. The van der Waals surface area contributed by atoms with Crippen molar-refractivity contribution in [3.05, 3.63) is 48.5 Å². The molecule has 4 aromatic rings. The lowest BCUT2D eigenvalue weighted by atomic mass is 10.0. The smallest absolute Gasteiger partial charge is 0.178 e. The number of phenols is 2. The Morgan fingerprint density at radius 3 is 2.28 bits per heavy atom. The first-order valence-corrected chi connectivity index (χ1v) is 7.72. The number of rotatable bonds is 3. The van der Waals surface area contributed by atoms with Crippen LogP contribution in [0.4, 0.5) is 0 Å². The van der Waals surface area contributed by atoms with Crippen molar-refractivity contribution in [2.45, 2.75) is 0 Å². The van der Waals surface area contributed by atoms with Crippen LogP contribution in [0.3, 0.4) is 0 Å². The van der Waals surface area contributed by atoms with Gasteiger partial charge in [-0.25, -0.2) is 0 Å². The number of methoxy groups -OCH3 is 2. The summed E-state index contributed by atoms with van der Waals surface area (Å²) in [4.78, 5) is 0. The Morgan fingerprint density at radius 1 is 0.840 bits per heavy atom. The summed E-state index contributed by atoms with van der Waals surface area (Å²) in [6, 6.07) is 13.8. The van der Waals surface area contributed by atoms with E-state index in [0.29, 0.717) is 33.3 Å². The molecule has 0 radical (unpaired) electrons. The van der Waals surface area contributed by atoms with Crippen molar-refractivity contribution < 1.29 is 24.1 Å². The van der Waals surface area contributed by atoms with Crippen molar-refractivity contribution in [1.29, 1.82) is 0 Å². The van der Waals surface area contributed by atoms with Crippen LogP contribution in [0.25, 0.3) is 33.1 Å². The van der Waals surface area contributed by atoms with Crippen LogP contribution >= 0.6 is 0 Å². The standard InChI is InChI=1S/C20H16O5/c1-23-13-6-3-11(4-7-13)18-16(22)10-15-14-9-12(21)5-8-17(14)25-19(15)20(18)24-2/h3-10,21-22H,1-2H3. The van der Waals surface area contributed by atoms with Gasteiger partial charge < -0.3 is 24.1 Å². The minimum absolute atomic E-state index is 0.0700. The zero-order valence-corrected chi connectivity index (χ0v) is 13.7. The normalized spacial score (nSPS) is 11.1. The van der Waals surface area contributed by atoms with Crippen molar-refractivity contribution in [3.63, 3.8) is 0 Å². The number of ether oxygens (including phenoxy) is 2. The molecule has 25 heavy (non-hydrogen) atoms. The Labute approximate surface area is 143 Å². The van der Waals surface area contributed by atoms with Crippen molar-refractivity contribution in [2.75, 3.05) is 14.2 Å². The molecular weight excluding hydrogens is 320 g/mol. The van der Waals surface area contributed by atoms with Gasteiger partial charge in [-0.15, -0.1) is 0 Å². The van der Waals surface area contributed by atoms with Crippen LogP contribution in [0, 0.1) is 0 Å². The third kappa shape index (κ3) is 2.32. The molecule has 1 aromatic heterocycles. The SMILES string of the molecule is COc1ccc(-c2c(O)cc3c(oc4ccc(O)cc43)c2OC)cc1. The highest BCUT2D eigenvalue weighted by atomic mass is 16.5. The molecule has 0 aliphatic carbocycles. The van der Waals surface area contributed by atoms with Crippen molar-refractivity contribution in [3.8, 4) is 34.1 Å². The molecule has 0 saturated heterocycles. The molecule has 126 valence electrons. The van der Waals surface area contributed by atoms with Gasteiger partial charge in [-0.2, -0.15) is 0 Å². The van der Waals surface area contributed by atoms with Gasteiger partial charge in [0.1, 0.15) is 22.8 Å². The molecule has 0 saturated carbocycles. The van der Waals surface area contributed by atoms with Gasteiger partial charge in [-0.05, 0) is 42.0 Å². The lowest BCUT2D eigenvalue weighted by Crippen LogP contribution is -1.90. The third-order valence-electron chi connectivity index (χ3n) is 4.26. The number of hydrogen-bond donors (Lipinski definition) is 2. The zero-order chi connectivity index (χ0) is 17.6. The van der Waals surface area contributed by atoms with Gasteiger partial charge in [-0.1, -0.05) is 12.1 Å². The molecule has 0 spiro atoms. The summed E-state index contributed by atoms with van der Waals surface area (Å²) in [5.74, 6) is 1.37. The average molecular weight is 336 g/mol. The van der Waals surface area contributed by atoms with Crippen LogP contribution in [-0.4, -0.2) is 24.4 Å². The zero-order valence-electron chi connectivity index (χ0n) is 13.7. The number of hydrogen-bond acceptors (Lipinski definition) is 5. The van der Waals surface area contributed by atoms with Gasteiger partial charge in [0.25, 0.3) is 0 Å². The third-order valence-corrected chi connectivity index (χ3v) is 4.26. The molecule has 0 aliphatic heterocycles. The van der Waals surface area contributed by atoms with E-state index in [4.69, 9.17) is 13.9 Å². The van der Waals surface area contributed by atoms with E-state index in [-0.39, 0.29) is 11.5 Å². The summed E-state index contributed by atoms with van der Waals surface area (Å²) in [5.41, 5.74) is 2.45. The fourth-order valence-electron chi connectivity index (χ4n) is 3.09. The summed E-state index contributed by atoms with van der Waals surface area (Å²) in [6.45, 7) is 0. The van der Waals surface area contributed by atoms with Crippen LogP contribution in [0.1, 0.15) is 0 Å². The van der Waals surface area contributed by atoms with Crippen LogP contribution in [0.2, 0.25) is 0 Å². The molecule has 0 atom stereocenters. The van der Waals surface area contributed by atoms with Crippen LogP contribution in [0.15, 0.2) is 52.9 Å². The van der Waals surface area contributed by atoms with Gasteiger partial charge in [0.05, 0.1) is 19.8 Å². The van der Waals surface area contributed by atoms with Gasteiger partial charge in [-0.3, -0.25) is 0 Å². The second kappa shape index (κ2) is 5.63. The minimum Gasteiger partial charge on any atom is -0.508 e. The molecule has 0 aliphatic rings. The lowest BCUT2D eigenvalue weighted by Gasteiger charge is -2.12. The number of benzene rings is 3. The Bertz CT molecular complexity index is 1080. The van der Waals surface area contributed by atoms with Crippen LogP contribution in [-0.2, 0) is 0 Å². The van der Waals surface area contributed by atoms with E-state index in [2.05, 4.69) is 0 Å². The second-order valence-corrected chi connectivity index (χ2v) is 5.69. The summed E-state index contributed by atoms with van der Waals surface area (Å²) < 4.78 is 16.7. The molecule has 3 aromatic carbocycles. The Hall–Kier alpha value is -3.34. The molecule has 4 rings (SSSR count). The molecule has 2 N–H and O–H groups in total. The molecule has 0 unspecified atom stereocenters. The summed E-state index contributed by atoms with van der Waals surface area (Å²) in [6.07, 6.45) is 0. The molecule has 5 heteroatoms. The van der Waals surface area contributed by atoms with Gasteiger partial charge in [0.15, 0.2) is 11.3 Å². The first-order valence-electron chi connectivity index (χ1n) is 7.72. The number of fused-ring (bicyclic) bond motifs is 3. The number of phenolic OH excluding ortho intramolecular Hbond substituents is 2. The first kappa shape index (κ1) is 15.2. The van der Waals surface area contributed by atoms with E-state index < -0.39 is 0 Å². The monoisotopic (exact) mass is 336 g/mol. The molecule has 0 fully saturated rings. The Balaban J connectivity index is 2.04. The van der Waals surface area contributed by atoms with E-state index >= 15 is 0 Å². The second-order valence-electron chi connectivity index (χ2n) is 5.69. The molecule has 5 nitrogen and oxygen atoms in total. The van der Waals surface area contributed by atoms with Gasteiger partial charge >= 0.3 is 0 Å². The summed E-state index contributed by atoms with van der Waals surface area (Å²) in [7, 11) is 3.13. The highest BCUT2D eigenvalue weighted by molar-refractivity contribution is 6.10. The van der Waals surface area contributed by atoms with E-state index in [1.165, 1.54) is 7.11 Å². The summed E-state index contributed by atoms with van der Waals surface area (Å²) >= 11 is 0. The van der Waals surface area contributed by atoms with Crippen LogP contribution in [0.5, 0.6) is 23.0 Å².